The fourth-order valence-corrected chi connectivity index (χ4v) is 1.57. The van der Waals surface area contributed by atoms with Crippen LogP contribution < -0.4 is 5.73 Å². The minimum atomic E-state index is -4.25. The van der Waals surface area contributed by atoms with E-state index in [1.807, 2.05) is 0 Å². The van der Waals surface area contributed by atoms with Crippen molar-refractivity contribution in [1.82, 2.24) is 4.90 Å². The number of alkyl halides is 3. The second kappa shape index (κ2) is 3.53. The molecule has 13 heavy (non-hydrogen) atoms. The Hall–Kier alpha value is -0.780. The van der Waals surface area contributed by atoms with E-state index in [4.69, 9.17) is 5.73 Å². The van der Waals surface area contributed by atoms with Crippen LogP contribution >= 0.6 is 0 Å². The number of primary amides is 1. The first-order chi connectivity index (χ1) is 5.90. The molecule has 0 aromatic carbocycles. The zero-order valence-electron chi connectivity index (χ0n) is 6.97. The molecule has 1 fully saturated rings. The highest BCUT2D eigenvalue weighted by Crippen LogP contribution is 2.23. The molecule has 2 N–H and O–H groups in total. The van der Waals surface area contributed by atoms with Crippen LogP contribution in [0.15, 0.2) is 0 Å². The molecule has 0 bridgehead atoms. The van der Waals surface area contributed by atoms with Gasteiger partial charge in [-0.2, -0.15) is 13.2 Å². The lowest BCUT2D eigenvalue weighted by atomic mass is 10.2. The van der Waals surface area contributed by atoms with Gasteiger partial charge >= 0.3 is 6.18 Å². The maximum atomic E-state index is 12.0. The van der Waals surface area contributed by atoms with Gasteiger partial charge < -0.3 is 5.73 Å². The predicted molar refractivity (Wildman–Crippen MR) is 39.8 cm³/mol. The fourth-order valence-electron chi connectivity index (χ4n) is 1.57. The standard InChI is InChI=1S/C7H11F3N2O/c8-7(9,10)4-12-3-1-2-5(12)6(11)13/h5H,1-4H2,(H2,11,13). The van der Waals surface area contributed by atoms with Crippen LogP contribution in [0.4, 0.5) is 13.2 Å². The van der Waals surface area contributed by atoms with Crippen molar-refractivity contribution in [3.63, 3.8) is 0 Å². The van der Waals surface area contributed by atoms with E-state index < -0.39 is 24.7 Å². The van der Waals surface area contributed by atoms with Gasteiger partial charge in [-0.3, -0.25) is 9.69 Å². The second-order valence-electron chi connectivity index (χ2n) is 3.15. The van der Waals surface area contributed by atoms with Gasteiger partial charge in [0.05, 0.1) is 12.6 Å². The van der Waals surface area contributed by atoms with Crippen molar-refractivity contribution in [3.8, 4) is 0 Å². The molecule has 3 nitrogen and oxygen atoms in total. The Morgan fingerprint density at radius 1 is 1.54 bits per heavy atom. The van der Waals surface area contributed by atoms with Gasteiger partial charge in [0.2, 0.25) is 5.91 Å². The molecule has 0 spiro atoms. The molecule has 6 heteroatoms. The number of carbonyl (C=O) groups is 1. The van der Waals surface area contributed by atoms with Crippen molar-refractivity contribution >= 4 is 5.91 Å². The van der Waals surface area contributed by atoms with Crippen LogP contribution in [0.25, 0.3) is 0 Å². The number of carbonyl (C=O) groups excluding carboxylic acids is 1. The Bertz CT molecular complexity index is 204. The minimum Gasteiger partial charge on any atom is -0.368 e. The highest BCUT2D eigenvalue weighted by atomic mass is 19.4. The molecule has 0 aromatic heterocycles. The molecule has 1 saturated heterocycles. The zero-order chi connectivity index (χ0) is 10.1. The topological polar surface area (TPSA) is 46.3 Å². The van der Waals surface area contributed by atoms with E-state index in [-0.39, 0.29) is 0 Å². The normalized spacial score (nSPS) is 25.0. The van der Waals surface area contributed by atoms with Gasteiger partial charge in [0, 0.05) is 0 Å². The van der Waals surface area contributed by atoms with Crippen LogP contribution in [0.5, 0.6) is 0 Å². The Kier molecular flexibility index (Phi) is 2.80. The molecule has 76 valence electrons. The number of hydrogen-bond acceptors (Lipinski definition) is 2. The number of amides is 1. The summed E-state index contributed by atoms with van der Waals surface area (Å²) in [5.74, 6) is -0.665. The molecular formula is C7H11F3N2O. The van der Waals surface area contributed by atoms with Gasteiger partial charge in [-0.15, -0.1) is 0 Å². The van der Waals surface area contributed by atoms with Gasteiger partial charge in [0.25, 0.3) is 0 Å². The van der Waals surface area contributed by atoms with Crippen LogP contribution in [0.3, 0.4) is 0 Å². The third-order valence-electron chi connectivity index (χ3n) is 2.07. The van der Waals surface area contributed by atoms with Gasteiger partial charge in [-0.25, -0.2) is 0 Å². The van der Waals surface area contributed by atoms with Crippen molar-refractivity contribution < 1.29 is 18.0 Å². The molecule has 1 amide bonds. The molecule has 1 rings (SSSR count). The van der Waals surface area contributed by atoms with Gasteiger partial charge in [-0.05, 0) is 19.4 Å². The third kappa shape index (κ3) is 2.87. The smallest absolute Gasteiger partial charge is 0.368 e. The summed E-state index contributed by atoms with van der Waals surface area (Å²) in [6.45, 7) is -0.742. The lowest BCUT2D eigenvalue weighted by Crippen LogP contribution is -2.44. The van der Waals surface area contributed by atoms with Crippen LogP contribution in [-0.2, 0) is 4.79 Å². The summed E-state index contributed by atoms with van der Waals surface area (Å²) in [6, 6.07) is -0.735. The average Bonchev–Trinajstić information content (AvgIpc) is 2.31. The van der Waals surface area contributed by atoms with E-state index in [0.29, 0.717) is 19.4 Å². The molecule has 0 aliphatic carbocycles. The number of hydrogen-bond donors (Lipinski definition) is 1. The second-order valence-corrected chi connectivity index (χ2v) is 3.15. The molecule has 1 heterocycles. The van der Waals surface area contributed by atoms with E-state index in [9.17, 15) is 18.0 Å². The summed E-state index contributed by atoms with van der Waals surface area (Å²) in [5, 5.41) is 0. The largest absolute Gasteiger partial charge is 0.401 e. The summed E-state index contributed by atoms with van der Waals surface area (Å²) < 4.78 is 35.9. The number of nitrogens with two attached hydrogens (primary N) is 1. The Morgan fingerprint density at radius 3 is 2.62 bits per heavy atom. The molecular weight excluding hydrogens is 185 g/mol. The first-order valence-corrected chi connectivity index (χ1v) is 4.00. The van der Waals surface area contributed by atoms with Crippen molar-refractivity contribution in [2.24, 2.45) is 5.73 Å². The first kappa shape index (κ1) is 10.3. The molecule has 1 aliphatic heterocycles. The maximum Gasteiger partial charge on any atom is 0.401 e. The van der Waals surface area contributed by atoms with Crippen molar-refractivity contribution in [3.05, 3.63) is 0 Å². The number of nitrogens with zero attached hydrogens (tertiary/aromatic N) is 1. The minimum absolute atomic E-state index is 0.299. The lowest BCUT2D eigenvalue weighted by Gasteiger charge is -2.22. The van der Waals surface area contributed by atoms with E-state index in [0.717, 1.165) is 4.90 Å². The predicted octanol–water partition coefficient (Wildman–Crippen LogP) is 0.498. The van der Waals surface area contributed by atoms with Crippen LogP contribution in [-0.4, -0.2) is 36.1 Å². The van der Waals surface area contributed by atoms with Gasteiger partial charge in [0.1, 0.15) is 0 Å². The van der Waals surface area contributed by atoms with E-state index >= 15 is 0 Å². The Balaban J connectivity index is 2.54. The molecule has 1 atom stereocenters. The maximum absolute atomic E-state index is 12.0. The van der Waals surface area contributed by atoms with Gasteiger partial charge in [0.15, 0.2) is 0 Å². The monoisotopic (exact) mass is 196 g/mol. The number of halogens is 3. The molecule has 1 unspecified atom stereocenters. The zero-order valence-corrected chi connectivity index (χ0v) is 6.97. The van der Waals surface area contributed by atoms with Crippen LogP contribution in [0.1, 0.15) is 12.8 Å². The quantitative estimate of drug-likeness (QED) is 0.699. The summed E-state index contributed by atoms with van der Waals surface area (Å²) in [7, 11) is 0. The fraction of sp³-hybridized carbons (Fsp3) is 0.857. The van der Waals surface area contributed by atoms with Crippen LogP contribution in [0.2, 0.25) is 0 Å². The van der Waals surface area contributed by atoms with Gasteiger partial charge in [-0.1, -0.05) is 0 Å². The summed E-state index contributed by atoms with van der Waals surface area (Å²) >= 11 is 0. The highest BCUT2D eigenvalue weighted by molar-refractivity contribution is 5.80. The van der Waals surface area contributed by atoms with E-state index in [1.165, 1.54) is 0 Å². The first-order valence-electron chi connectivity index (χ1n) is 4.00. The third-order valence-corrected chi connectivity index (χ3v) is 2.07. The summed E-state index contributed by atoms with van der Waals surface area (Å²) in [6.07, 6.45) is -3.22. The summed E-state index contributed by atoms with van der Waals surface area (Å²) in [5.41, 5.74) is 4.96. The van der Waals surface area contributed by atoms with E-state index in [1.54, 1.807) is 0 Å². The highest BCUT2D eigenvalue weighted by Gasteiger charge is 2.37. The van der Waals surface area contributed by atoms with Crippen molar-refractivity contribution in [2.45, 2.75) is 25.1 Å². The van der Waals surface area contributed by atoms with Crippen molar-refractivity contribution in [1.29, 1.82) is 0 Å². The lowest BCUT2D eigenvalue weighted by molar-refractivity contribution is -0.150. The number of likely N-dealkylation sites (tertiary alicyclic amines) is 1. The molecule has 0 radical (unpaired) electrons. The van der Waals surface area contributed by atoms with Crippen LogP contribution in [0, 0.1) is 0 Å². The number of rotatable bonds is 2. The van der Waals surface area contributed by atoms with Crippen molar-refractivity contribution in [2.75, 3.05) is 13.1 Å². The Morgan fingerprint density at radius 2 is 2.15 bits per heavy atom. The molecule has 0 saturated carbocycles. The molecule has 1 aliphatic rings. The molecule has 0 aromatic rings. The SMILES string of the molecule is NC(=O)C1CCCN1CC(F)(F)F. The Labute approximate surface area is 73.7 Å². The average molecular weight is 196 g/mol. The van der Waals surface area contributed by atoms with E-state index in [2.05, 4.69) is 0 Å². The summed E-state index contributed by atoms with van der Waals surface area (Å²) in [4.78, 5) is 11.8.